The van der Waals surface area contributed by atoms with Crippen LogP contribution in [0, 0.1) is 0 Å². The summed E-state index contributed by atoms with van der Waals surface area (Å²) < 4.78 is 34.4. The number of phosphoric ester groups is 1. The Morgan fingerprint density at radius 1 is 0.340 bits per heavy atom. The fourth-order valence-electron chi connectivity index (χ4n) is 12.3. The molecule has 552 valence electrons. The second-order valence-corrected chi connectivity index (χ2v) is 30.5. The third-order valence-corrected chi connectivity index (χ3v) is 19.5. The molecule has 2 unspecified atom stereocenters. The second kappa shape index (κ2) is 74.9. The Labute approximate surface area is 585 Å². The topological polar surface area (TPSA) is 111 Å². The normalized spacial score (nSPS) is 13.3. The largest absolute Gasteiger partial charge is 0.756 e. The van der Waals surface area contributed by atoms with Crippen molar-refractivity contribution in [3.05, 3.63) is 60.8 Å². The molecule has 0 N–H and O–H groups in total. The van der Waals surface area contributed by atoms with Gasteiger partial charge in [0.05, 0.1) is 27.7 Å². The van der Waals surface area contributed by atoms with Gasteiger partial charge in [0.25, 0.3) is 7.82 Å². The number of hydrogen-bond donors (Lipinski definition) is 0. The van der Waals surface area contributed by atoms with Crippen LogP contribution < -0.4 is 4.89 Å². The van der Waals surface area contributed by atoms with Crippen molar-refractivity contribution >= 4 is 19.8 Å². The number of ether oxygens (including phenoxy) is 2. The quantitative estimate of drug-likeness (QED) is 0.0195. The summed E-state index contributed by atoms with van der Waals surface area (Å²) in [5, 5.41) is 0. The van der Waals surface area contributed by atoms with Crippen LogP contribution in [0.2, 0.25) is 0 Å². The molecule has 0 radical (unpaired) electrons. The SMILES string of the molecule is CC/C=C\C/C=C\C/C=C\C/C=C\CCCCCCCCCCCCCCCCCCCCCCCCCCCCCCC(=O)OC(COC(=O)CCCCCCCCCCCCCCCCCCC/C=C\CCCCCCCCCC)COP(=O)([O-])OCC[N+](C)(C)C. The maximum absolute atomic E-state index is 12.9. The summed E-state index contributed by atoms with van der Waals surface area (Å²) in [7, 11) is 1.19. The summed E-state index contributed by atoms with van der Waals surface area (Å²) in [6.45, 7) is 4.20. The first-order valence-electron chi connectivity index (χ1n) is 41.0. The number of nitrogens with zero attached hydrogens (tertiary/aromatic N) is 1. The summed E-state index contributed by atoms with van der Waals surface area (Å²) in [5.74, 6) is -0.808. The lowest BCUT2D eigenvalue weighted by molar-refractivity contribution is -0.870. The van der Waals surface area contributed by atoms with Gasteiger partial charge in [-0.3, -0.25) is 14.2 Å². The zero-order valence-corrected chi connectivity index (χ0v) is 64.1. The molecule has 9 nitrogen and oxygen atoms in total. The Balaban J connectivity index is 3.87. The number of likely N-dealkylation sites (N-methyl/N-ethyl adjacent to an activating group) is 1. The number of carbonyl (C=O) groups excluding carboxylic acids is 2. The van der Waals surface area contributed by atoms with E-state index in [2.05, 4.69) is 74.6 Å². The molecule has 0 aliphatic carbocycles. The van der Waals surface area contributed by atoms with E-state index >= 15 is 0 Å². The number of rotatable bonds is 77. The van der Waals surface area contributed by atoms with Gasteiger partial charge < -0.3 is 27.9 Å². The third kappa shape index (κ3) is 78.7. The molecule has 0 saturated carbocycles. The van der Waals surface area contributed by atoms with Crippen LogP contribution in [0.1, 0.15) is 412 Å². The molecule has 0 bridgehead atoms. The minimum absolute atomic E-state index is 0.0278. The number of carbonyl (C=O) groups is 2. The minimum Gasteiger partial charge on any atom is -0.756 e. The van der Waals surface area contributed by atoms with Crippen LogP contribution in [-0.4, -0.2) is 70.0 Å². The molecular formula is C84H158NO8P. The van der Waals surface area contributed by atoms with Crippen molar-refractivity contribution in [1.29, 1.82) is 0 Å². The summed E-state index contributed by atoms with van der Waals surface area (Å²) in [5.41, 5.74) is 0. The van der Waals surface area contributed by atoms with E-state index < -0.39 is 26.5 Å². The van der Waals surface area contributed by atoms with Crippen molar-refractivity contribution in [1.82, 2.24) is 0 Å². The zero-order valence-electron chi connectivity index (χ0n) is 63.2. The van der Waals surface area contributed by atoms with Crippen LogP contribution in [0.15, 0.2) is 60.8 Å². The molecule has 10 heteroatoms. The van der Waals surface area contributed by atoms with Gasteiger partial charge in [0.15, 0.2) is 6.10 Å². The summed E-state index contributed by atoms with van der Waals surface area (Å²) in [6, 6.07) is 0. The smallest absolute Gasteiger partial charge is 0.306 e. The number of allylic oxidation sites excluding steroid dienone is 10. The van der Waals surface area contributed by atoms with Gasteiger partial charge in [-0.05, 0) is 77.0 Å². The Kier molecular flexibility index (Phi) is 73.1. The van der Waals surface area contributed by atoms with Gasteiger partial charge in [0.1, 0.15) is 19.8 Å². The number of phosphoric acid groups is 1. The molecule has 0 aromatic heterocycles. The number of unbranched alkanes of at least 4 members (excludes halogenated alkanes) is 53. The molecule has 2 atom stereocenters. The molecule has 0 aromatic carbocycles. The highest BCUT2D eigenvalue weighted by molar-refractivity contribution is 7.45. The van der Waals surface area contributed by atoms with E-state index in [4.69, 9.17) is 18.5 Å². The van der Waals surface area contributed by atoms with Crippen LogP contribution in [-0.2, 0) is 32.7 Å². The van der Waals surface area contributed by atoms with E-state index in [9.17, 15) is 19.0 Å². The van der Waals surface area contributed by atoms with E-state index in [0.717, 1.165) is 57.8 Å². The highest BCUT2D eigenvalue weighted by Crippen LogP contribution is 2.38. The van der Waals surface area contributed by atoms with Crippen molar-refractivity contribution < 1.29 is 42.1 Å². The maximum Gasteiger partial charge on any atom is 0.306 e. The fraction of sp³-hybridized carbons (Fsp3) is 0.857. The van der Waals surface area contributed by atoms with Crippen LogP contribution in [0.3, 0.4) is 0 Å². The first kappa shape index (κ1) is 91.7. The predicted molar refractivity (Wildman–Crippen MR) is 407 cm³/mol. The maximum atomic E-state index is 12.9. The van der Waals surface area contributed by atoms with Crippen LogP contribution >= 0.6 is 7.82 Å². The molecule has 0 amide bonds. The van der Waals surface area contributed by atoms with Crippen molar-refractivity contribution in [2.24, 2.45) is 0 Å². The van der Waals surface area contributed by atoms with E-state index in [1.54, 1.807) is 0 Å². The van der Waals surface area contributed by atoms with Crippen molar-refractivity contribution in [2.45, 2.75) is 418 Å². The van der Waals surface area contributed by atoms with E-state index in [1.807, 2.05) is 21.1 Å². The number of quaternary nitrogens is 1. The molecule has 94 heavy (non-hydrogen) atoms. The summed E-state index contributed by atoms with van der Waals surface area (Å²) in [4.78, 5) is 38.2. The van der Waals surface area contributed by atoms with E-state index in [1.165, 1.54) is 321 Å². The molecule has 0 saturated heterocycles. The molecular weight excluding hydrogens is 1180 g/mol. The molecule has 0 heterocycles. The zero-order chi connectivity index (χ0) is 68.3. The predicted octanol–water partition coefficient (Wildman–Crippen LogP) is 26.7. The Bertz CT molecular complexity index is 1770. The van der Waals surface area contributed by atoms with Gasteiger partial charge in [-0.1, -0.05) is 383 Å². The molecule has 0 aliphatic rings. The van der Waals surface area contributed by atoms with Gasteiger partial charge in [-0.15, -0.1) is 0 Å². The highest BCUT2D eigenvalue weighted by atomic mass is 31.2. The molecule has 0 rings (SSSR count). The van der Waals surface area contributed by atoms with Crippen molar-refractivity contribution in [3.63, 3.8) is 0 Å². The van der Waals surface area contributed by atoms with Crippen LogP contribution in [0.4, 0.5) is 0 Å². The average Bonchev–Trinajstić information content (AvgIpc) is 1.57. The van der Waals surface area contributed by atoms with Crippen molar-refractivity contribution in [2.75, 3.05) is 47.5 Å². The summed E-state index contributed by atoms with van der Waals surface area (Å²) in [6.07, 6.45) is 101. The van der Waals surface area contributed by atoms with Gasteiger partial charge in [-0.25, -0.2) is 0 Å². The average molecular weight is 1340 g/mol. The minimum atomic E-state index is -4.64. The fourth-order valence-corrected chi connectivity index (χ4v) is 13.0. The first-order valence-corrected chi connectivity index (χ1v) is 42.5. The lowest BCUT2D eigenvalue weighted by Gasteiger charge is -2.28. The van der Waals surface area contributed by atoms with Crippen molar-refractivity contribution in [3.8, 4) is 0 Å². The molecule has 0 fully saturated rings. The lowest BCUT2D eigenvalue weighted by atomic mass is 10.0. The third-order valence-electron chi connectivity index (χ3n) is 18.5. The van der Waals surface area contributed by atoms with Gasteiger partial charge >= 0.3 is 11.9 Å². The summed E-state index contributed by atoms with van der Waals surface area (Å²) >= 11 is 0. The van der Waals surface area contributed by atoms with Gasteiger partial charge in [0.2, 0.25) is 0 Å². The van der Waals surface area contributed by atoms with Crippen LogP contribution in [0.25, 0.3) is 0 Å². The van der Waals surface area contributed by atoms with Gasteiger partial charge in [-0.2, -0.15) is 0 Å². The van der Waals surface area contributed by atoms with Gasteiger partial charge in [0, 0.05) is 12.8 Å². The Morgan fingerprint density at radius 2 is 0.606 bits per heavy atom. The monoisotopic (exact) mass is 1340 g/mol. The molecule has 0 aromatic rings. The van der Waals surface area contributed by atoms with Crippen LogP contribution in [0.5, 0.6) is 0 Å². The lowest BCUT2D eigenvalue weighted by Crippen LogP contribution is -2.37. The standard InChI is InChI=1S/C84H158NO8P/c1-6-8-10-12-14-16-18-20-22-24-26-28-30-32-34-36-37-38-39-40-41-42-43-44-45-46-47-49-51-53-55-57-59-61-63-65-67-69-71-73-75-77-84(87)93-82(81-92-94(88,89)91-79-78-85(3,4)5)80-90-83(86)76-74-72-70-68-66-64-62-60-58-56-54-52-50-48-35-33-31-29-27-25-23-21-19-17-15-13-11-9-7-2/h8,10,14,16,20,22,25-28,82H,6-7,9,11-13,15,17-19,21,23-24,29-81H2,1-5H3/b10-8-,16-14-,22-20-,27-25-,28-26-. The second-order valence-electron chi connectivity index (χ2n) is 29.1. The Morgan fingerprint density at radius 3 is 0.915 bits per heavy atom. The number of esters is 2. The first-order chi connectivity index (χ1) is 46.0. The molecule has 0 aliphatic heterocycles. The van der Waals surface area contributed by atoms with E-state index in [-0.39, 0.29) is 32.0 Å². The molecule has 0 spiro atoms. The highest BCUT2D eigenvalue weighted by Gasteiger charge is 2.22. The Hall–Kier alpha value is -2.29. The van der Waals surface area contributed by atoms with E-state index in [0.29, 0.717) is 17.4 Å². The number of hydrogen-bond acceptors (Lipinski definition) is 8.